The molecule has 0 fully saturated rings. The number of carbonyl (C=O) groups excluding carboxylic acids is 1. The Morgan fingerprint density at radius 1 is 1.35 bits per heavy atom. The predicted molar refractivity (Wildman–Crippen MR) is 94.0 cm³/mol. The Bertz CT molecular complexity index is 614. The number of aryl methyl sites for hydroxylation is 1. The van der Waals surface area contributed by atoms with Gasteiger partial charge in [-0.2, -0.15) is 0 Å². The lowest BCUT2D eigenvalue weighted by atomic mass is 9.99. The van der Waals surface area contributed by atoms with Gasteiger partial charge in [0.1, 0.15) is 18.7 Å². The zero-order chi connectivity index (χ0) is 16.5. The maximum absolute atomic E-state index is 11.0. The average Bonchev–Trinajstić information content (AvgIpc) is 2.59. The highest BCUT2D eigenvalue weighted by Gasteiger charge is 2.16. The summed E-state index contributed by atoms with van der Waals surface area (Å²) >= 11 is 0. The summed E-state index contributed by atoms with van der Waals surface area (Å²) in [5, 5.41) is 3.26. The van der Waals surface area contributed by atoms with Gasteiger partial charge in [0.15, 0.2) is 0 Å². The summed E-state index contributed by atoms with van der Waals surface area (Å²) in [7, 11) is 1.90. The fourth-order valence-electron chi connectivity index (χ4n) is 2.66. The molecule has 0 bridgehead atoms. The topological polar surface area (TPSA) is 38.3 Å². The molecule has 0 heterocycles. The van der Waals surface area contributed by atoms with E-state index in [1.54, 1.807) is 0 Å². The van der Waals surface area contributed by atoms with Crippen molar-refractivity contribution in [1.29, 1.82) is 0 Å². The SMILES string of the molecule is CN[C@@H](CC1=CCCC=C1)/C(=C\C=O)OCc1ccccc1C. The maximum Gasteiger partial charge on any atom is 0.146 e. The molecule has 0 saturated heterocycles. The van der Waals surface area contributed by atoms with Crippen LogP contribution in [0.1, 0.15) is 30.4 Å². The van der Waals surface area contributed by atoms with Crippen molar-refractivity contribution < 1.29 is 9.53 Å². The number of likely N-dealkylation sites (N-methyl/N-ethyl adjacent to an activating group) is 1. The lowest BCUT2D eigenvalue weighted by Gasteiger charge is -2.22. The van der Waals surface area contributed by atoms with E-state index in [0.717, 1.165) is 31.1 Å². The number of carbonyl (C=O) groups is 1. The number of benzene rings is 1. The zero-order valence-corrected chi connectivity index (χ0v) is 13.9. The Kier molecular flexibility index (Phi) is 6.82. The van der Waals surface area contributed by atoms with Crippen LogP contribution in [-0.2, 0) is 16.1 Å². The minimum absolute atomic E-state index is 0.00165. The first-order valence-corrected chi connectivity index (χ1v) is 8.10. The molecule has 0 unspecified atom stereocenters. The van der Waals surface area contributed by atoms with Crippen LogP contribution in [0.15, 0.2) is 59.9 Å². The molecule has 1 N–H and O–H groups in total. The second kappa shape index (κ2) is 9.11. The molecule has 0 amide bonds. The number of rotatable bonds is 8. The fraction of sp³-hybridized carbons (Fsp3) is 0.350. The number of ether oxygens (including phenoxy) is 1. The highest BCUT2D eigenvalue weighted by molar-refractivity contribution is 5.66. The van der Waals surface area contributed by atoms with Crippen LogP contribution in [0, 0.1) is 6.92 Å². The van der Waals surface area contributed by atoms with Crippen molar-refractivity contribution in [2.24, 2.45) is 0 Å². The van der Waals surface area contributed by atoms with E-state index in [2.05, 4.69) is 42.6 Å². The third kappa shape index (κ3) is 5.22. The van der Waals surface area contributed by atoms with Crippen LogP contribution in [0.3, 0.4) is 0 Å². The van der Waals surface area contributed by atoms with Crippen molar-refractivity contribution in [2.45, 2.75) is 38.8 Å². The lowest BCUT2D eigenvalue weighted by molar-refractivity contribution is -0.104. The second-order valence-corrected chi connectivity index (χ2v) is 5.72. The summed E-state index contributed by atoms with van der Waals surface area (Å²) in [6.45, 7) is 2.54. The molecule has 3 heteroatoms. The normalized spacial score (nSPS) is 15.9. The van der Waals surface area contributed by atoms with Crippen molar-refractivity contribution in [2.75, 3.05) is 7.05 Å². The predicted octanol–water partition coefficient (Wildman–Crippen LogP) is 3.85. The molecule has 0 saturated carbocycles. The van der Waals surface area contributed by atoms with Gasteiger partial charge < -0.3 is 10.1 Å². The summed E-state index contributed by atoms with van der Waals surface area (Å²) < 4.78 is 5.96. The van der Waals surface area contributed by atoms with Crippen LogP contribution in [-0.4, -0.2) is 19.4 Å². The van der Waals surface area contributed by atoms with E-state index in [0.29, 0.717) is 12.4 Å². The van der Waals surface area contributed by atoms with Gasteiger partial charge in [0.05, 0.1) is 6.04 Å². The molecule has 1 aliphatic rings. The first-order chi connectivity index (χ1) is 11.2. The average molecular weight is 311 g/mol. The molecule has 1 atom stereocenters. The highest BCUT2D eigenvalue weighted by Crippen LogP contribution is 2.20. The smallest absolute Gasteiger partial charge is 0.146 e. The Morgan fingerprint density at radius 2 is 2.17 bits per heavy atom. The van der Waals surface area contributed by atoms with E-state index in [9.17, 15) is 4.79 Å². The summed E-state index contributed by atoms with van der Waals surface area (Å²) in [5.41, 5.74) is 3.61. The van der Waals surface area contributed by atoms with E-state index >= 15 is 0 Å². The Hall–Kier alpha value is -2.13. The molecule has 3 nitrogen and oxygen atoms in total. The number of hydrogen-bond donors (Lipinski definition) is 1. The molecular weight excluding hydrogens is 286 g/mol. The molecule has 0 aliphatic heterocycles. The van der Waals surface area contributed by atoms with E-state index in [4.69, 9.17) is 4.74 Å². The lowest BCUT2D eigenvalue weighted by Crippen LogP contribution is -2.29. The number of nitrogens with one attached hydrogen (secondary N) is 1. The molecule has 1 aliphatic carbocycles. The van der Waals surface area contributed by atoms with Crippen LogP contribution in [0.25, 0.3) is 0 Å². The summed E-state index contributed by atoms with van der Waals surface area (Å²) in [6.07, 6.45) is 11.9. The minimum atomic E-state index is -0.00165. The van der Waals surface area contributed by atoms with Crippen LogP contribution in [0.4, 0.5) is 0 Å². The van der Waals surface area contributed by atoms with E-state index in [1.807, 2.05) is 19.2 Å². The Balaban J connectivity index is 2.05. The van der Waals surface area contributed by atoms with E-state index < -0.39 is 0 Å². The molecule has 0 aromatic heterocycles. The van der Waals surface area contributed by atoms with Gasteiger partial charge in [0.25, 0.3) is 0 Å². The number of allylic oxidation sites excluding steroid dienone is 4. The molecule has 2 rings (SSSR count). The van der Waals surface area contributed by atoms with Gasteiger partial charge >= 0.3 is 0 Å². The molecule has 23 heavy (non-hydrogen) atoms. The van der Waals surface area contributed by atoms with Crippen LogP contribution >= 0.6 is 0 Å². The quantitative estimate of drug-likeness (QED) is 0.450. The molecule has 0 radical (unpaired) electrons. The van der Waals surface area contributed by atoms with Gasteiger partial charge in [-0.25, -0.2) is 0 Å². The van der Waals surface area contributed by atoms with Gasteiger partial charge in [0, 0.05) is 6.08 Å². The third-order valence-corrected chi connectivity index (χ3v) is 4.09. The van der Waals surface area contributed by atoms with Crippen LogP contribution < -0.4 is 5.32 Å². The Morgan fingerprint density at radius 3 is 2.83 bits per heavy atom. The van der Waals surface area contributed by atoms with Crippen LogP contribution in [0.2, 0.25) is 0 Å². The van der Waals surface area contributed by atoms with E-state index in [-0.39, 0.29) is 6.04 Å². The molecule has 1 aromatic rings. The van der Waals surface area contributed by atoms with Crippen LogP contribution in [0.5, 0.6) is 0 Å². The molecule has 1 aromatic carbocycles. The molecular formula is C20H25NO2. The number of aldehydes is 1. The zero-order valence-electron chi connectivity index (χ0n) is 13.9. The van der Waals surface area contributed by atoms with E-state index in [1.165, 1.54) is 17.2 Å². The Labute approximate surface area is 138 Å². The first-order valence-electron chi connectivity index (χ1n) is 8.10. The first kappa shape index (κ1) is 17.2. The monoisotopic (exact) mass is 311 g/mol. The minimum Gasteiger partial charge on any atom is -0.491 e. The van der Waals surface area contributed by atoms with Gasteiger partial charge in [-0.05, 0) is 44.4 Å². The molecule has 0 spiro atoms. The number of hydrogen-bond acceptors (Lipinski definition) is 3. The van der Waals surface area contributed by atoms with Crippen molar-refractivity contribution in [3.05, 3.63) is 71.0 Å². The third-order valence-electron chi connectivity index (χ3n) is 4.09. The largest absolute Gasteiger partial charge is 0.491 e. The van der Waals surface area contributed by atoms with Gasteiger partial charge in [-0.3, -0.25) is 4.79 Å². The van der Waals surface area contributed by atoms with Gasteiger partial charge in [-0.15, -0.1) is 0 Å². The second-order valence-electron chi connectivity index (χ2n) is 5.72. The van der Waals surface area contributed by atoms with Crippen molar-refractivity contribution in [3.63, 3.8) is 0 Å². The maximum atomic E-state index is 11.0. The fourth-order valence-corrected chi connectivity index (χ4v) is 2.66. The summed E-state index contributed by atoms with van der Waals surface area (Å²) in [5.74, 6) is 0.686. The van der Waals surface area contributed by atoms with Crippen molar-refractivity contribution in [1.82, 2.24) is 5.32 Å². The standard InChI is InChI=1S/C20H25NO2/c1-16-8-6-7-11-18(16)15-23-20(12-13-22)19(21-2)14-17-9-4-3-5-10-17/h4,6-13,19,21H,3,5,14-15H2,1-2H3/b20-12+/t19-/m0/s1. The molecule has 122 valence electrons. The van der Waals surface area contributed by atoms with Gasteiger partial charge in [0.2, 0.25) is 0 Å². The summed E-state index contributed by atoms with van der Waals surface area (Å²) in [4.78, 5) is 11.0. The van der Waals surface area contributed by atoms with Gasteiger partial charge in [-0.1, -0.05) is 48.1 Å². The van der Waals surface area contributed by atoms with Crippen molar-refractivity contribution >= 4 is 6.29 Å². The summed E-state index contributed by atoms with van der Waals surface area (Å²) in [6, 6.07) is 8.13. The van der Waals surface area contributed by atoms with Crippen molar-refractivity contribution in [3.8, 4) is 0 Å². The highest BCUT2D eigenvalue weighted by atomic mass is 16.5.